The molecule has 0 saturated carbocycles. The third-order valence-corrected chi connectivity index (χ3v) is 4.49. The Bertz CT molecular complexity index is 626. The largest absolute Gasteiger partial charge is 0.361 e. The first-order chi connectivity index (χ1) is 10.0. The molecule has 0 aliphatic rings. The van der Waals surface area contributed by atoms with Crippen LogP contribution in [0.1, 0.15) is 30.0 Å². The highest BCUT2D eigenvalue weighted by molar-refractivity contribution is 9.10. The summed E-state index contributed by atoms with van der Waals surface area (Å²) in [5, 5.41) is 2.82. The van der Waals surface area contributed by atoms with E-state index in [1.54, 1.807) is 23.6 Å². The van der Waals surface area contributed by atoms with E-state index < -0.39 is 0 Å². The predicted molar refractivity (Wildman–Crippen MR) is 89.5 cm³/mol. The van der Waals surface area contributed by atoms with E-state index in [-0.39, 0.29) is 11.9 Å². The summed E-state index contributed by atoms with van der Waals surface area (Å²) in [4.78, 5) is 11.1. The van der Waals surface area contributed by atoms with Gasteiger partial charge in [0, 0.05) is 30.1 Å². The fraction of sp³-hybridized carbons (Fsp3) is 0.333. The molecule has 21 heavy (non-hydrogen) atoms. The van der Waals surface area contributed by atoms with E-state index in [0.29, 0.717) is 0 Å². The molecular weight excluding hydrogens is 353 g/mol. The minimum atomic E-state index is -0.253. The van der Waals surface area contributed by atoms with Gasteiger partial charge in [0.2, 0.25) is 0 Å². The normalized spacial score (nSPS) is 13.3. The van der Waals surface area contributed by atoms with E-state index in [2.05, 4.69) is 27.8 Å². The summed E-state index contributed by atoms with van der Waals surface area (Å²) in [5.74, 6) is 0.588. The monoisotopic (exact) mass is 369 g/mol. The molecule has 112 valence electrons. The van der Waals surface area contributed by atoms with Crippen LogP contribution in [0.2, 0.25) is 0 Å². The van der Waals surface area contributed by atoms with Crippen LogP contribution in [0.25, 0.3) is 0 Å². The molecule has 1 aromatic heterocycles. The summed E-state index contributed by atoms with van der Waals surface area (Å²) in [6.45, 7) is 2.07. The number of hydrogen-bond acceptors (Lipinski definition) is 3. The van der Waals surface area contributed by atoms with E-state index in [4.69, 9.17) is 4.99 Å². The number of hydrogen-bond donors (Lipinski definition) is 0. The first kappa shape index (κ1) is 16.1. The smallest absolute Gasteiger partial charge is 0.160 e. The molecule has 0 N–H and O–H groups in total. The predicted octanol–water partition coefficient (Wildman–Crippen LogP) is 4.50. The van der Waals surface area contributed by atoms with Gasteiger partial charge >= 0.3 is 0 Å². The highest BCUT2D eigenvalue weighted by Crippen LogP contribution is 2.30. The van der Waals surface area contributed by atoms with Crippen molar-refractivity contribution in [2.45, 2.75) is 19.4 Å². The molecule has 1 heterocycles. The summed E-state index contributed by atoms with van der Waals surface area (Å²) >= 11 is 4.99. The van der Waals surface area contributed by atoms with Gasteiger partial charge in [-0.1, -0.05) is 28.9 Å². The Hall–Kier alpha value is -1.27. The van der Waals surface area contributed by atoms with Crippen LogP contribution >= 0.6 is 27.3 Å². The van der Waals surface area contributed by atoms with Gasteiger partial charge in [0.1, 0.15) is 5.82 Å². The first-order valence-corrected chi connectivity index (χ1v) is 8.30. The number of amidine groups is 1. The molecule has 1 unspecified atom stereocenters. The van der Waals surface area contributed by atoms with E-state index in [0.717, 1.165) is 27.3 Å². The number of aliphatic imine (C=N–C) groups is 1. The first-order valence-electron chi connectivity index (χ1n) is 6.62. The van der Waals surface area contributed by atoms with Gasteiger partial charge in [-0.25, -0.2) is 9.37 Å². The van der Waals surface area contributed by atoms with Crippen molar-refractivity contribution in [1.29, 1.82) is 0 Å². The zero-order valence-corrected chi connectivity index (χ0v) is 14.6. The summed E-state index contributed by atoms with van der Waals surface area (Å²) in [6.07, 6.45) is 2.60. The SMILES string of the molecule is CCC(/N=C(/c1nccs1)N(C)C)c1ccc(F)cc1Br. The maximum Gasteiger partial charge on any atom is 0.160 e. The fourth-order valence-electron chi connectivity index (χ4n) is 2.00. The molecule has 0 aliphatic heterocycles. The van der Waals surface area contributed by atoms with E-state index >= 15 is 0 Å². The Kier molecular flexibility index (Phi) is 5.47. The van der Waals surface area contributed by atoms with Crippen LogP contribution in [0.3, 0.4) is 0 Å². The second-order valence-corrected chi connectivity index (χ2v) is 6.52. The molecule has 0 fully saturated rings. The van der Waals surface area contributed by atoms with Crippen molar-refractivity contribution in [3.05, 3.63) is 50.6 Å². The van der Waals surface area contributed by atoms with Gasteiger partial charge in [0.05, 0.1) is 6.04 Å². The van der Waals surface area contributed by atoms with Crippen molar-refractivity contribution >= 4 is 33.1 Å². The average Bonchev–Trinajstić information content (AvgIpc) is 2.94. The molecule has 0 amide bonds. The Morgan fingerprint density at radius 3 is 2.76 bits per heavy atom. The third kappa shape index (κ3) is 3.89. The molecule has 3 nitrogen and oxygen atoms in total. The second-order valence-electron chi connectivity index (χ2n) is 4.77. The van der Waals surface area contributed by atoms with Crippen molar-refractivity contribution in [3.8, 4) is 0 Å². The zero-order chi connectivity index (χ0) is 15.4. The Labute approximate surface area is 136 Å². The fourth-order valence-corrected chi connectivity index (χ4v) is 3.32. The van der Waals surface area contributed by atoms with Gasteiger partial charge in [-0.15, -0.1) is 11.3 Å². The summed E-state index contributed by atoms with van der Waals surface area (Å²) in [5.41, 5.74) is 0.981. The number of halogens is 2. The molecule has 0 bridgehead atoms. The molecule has 0 saturated heterocycles. The lowest BCUT2D eigenvalue weighted by Crippen LogP contribution is -2.24. The molecule has 6 heteroatoms. The molecule has 2 aromatic rings. The Balaban J connectivity index is 2.42. The van der Waals surface area contributed by atoms with E-state index in [1.165, 1.54) is 12.1 Å². The van der Waals surface area contributed by atoms with Crippen LogP contribution < -0.4 is 0 Å². The topological polar surface area (TPSA) is 28.5 Å². The van der Waals surface area contributed by atoms with E-state index in [1.807, 2.05) is 24.4 Å². The number of aromatic nitrogens is 1. The minimum absolute atomic E-state index is 0.0405. The van der Waals surface area contributed by atoms with Crippen LogP contribution in [0, 0.1) is 5.82 Å². The van der Waals surface area contributed by atoms with Crippen LogP contribution in [0.5, 0.6) is 0 Å². The number of thiazole rings is 1. The van der Waals surface area contributed by atoms with Crippen molar-refractivity contribution in [2.75, 3.05) is 14.1 Å². The van der Waals surface area contributed by atoms with Crippen molar-refractivity contribution in [3.63, 3.8) is 0 Å². The molecule has 0 spiro atoms. The Morgan fingerprint density at radius 2 is 2.24 bits per heavy atom. The summed E-state index contributed by atoms with van der Waals surface area (Å²) in [6, 6.07) is 4.69. The van der Waals surface area contributed by atoms with Gasteiger partial charge in [0.25, 0.3) is 0 Å². The molecule has 0 radical (unpaired) electrons. The third-order valence-electron chi connectivity index (χ3n) is 3.03. The van der Waals surface area contributed by atoms with Crippen LogP contribution in [0.4, 0.5) is 4.39 Å². The minimum Gasteiger partial charge on any atom is -0.361 e. The van der Waals surface area contributed by atoms with Crippen LogP contribution in [-0.4, -0.2) is 29.8 Å². The van der Waals surface area contributed by atoms with Gasteiger partial charge in [-0.3, -0.25) is 4.99 Å². The van der Waals surface area contributed by atoms with Crippen LogP contribution in [0.15, 0.2) is 39.2 Å². The highest BCUT2D eigenvalue weighted by Gasteiger charge is 2.16. The summed E-state index contributed by atoms with van der Waals surface area (Å²) < 4.78 is 14.0. The molecule has 1 aromatic carbocycles. The maximum atomic E-state index is 13.2. The molecule has 2 rings (SSSR count). The van der Waals surface area contributed by atoms with Crippen LogP contribution in [-0.2, 0) is 0 Å². The van der Waals surface area contributed by atoms with Gasteiger partial charge < -0.3 is 4.90 Å². The zero-order valence-electron chi connectivity index (χ0n) is 12.2. The number of nitrogens with zero attached hydrogens (tertiary/aromatic N) is 3. The lowest BCUT2D eigenvalue weighted by molar-refractivity contribution is 0.595. The number of rotatable bonds is 4. The second kappa shape index (κ2) is 7.13. The molecule has 0 aliphatic carbocycles. The number of benzene rings is 1. The average molecular weight is 370 g/mol. The highest BCUT2D eigenvalue weighted by atomic mass is 79.9. The maximum absolute atomic E-state index is 13.2. The van der Waals surface area contributed by atoms with Gasteiger partial charge in [0.15, 0.2) is 10.8 Å². The molecule has 1 atom stereocenters. The standard InChI is InChI=1S/C15H17BrFN3S/c1-4-13(11-6-5-10(17)9-12(11)16)19-14(20(2)3)15-18-7-8-21-15/h5-9,13H,4H2,1-3H3/b19-14-. The summed E-state index contributed by atoms with van der Waals surface area (Å²) in [7, 11) is 3.90. The molecular formula is C15H17BrFN3S. The van der Waals surface area contributed by atoms with Gasteiger partial charge in [-0.05, 0) is 24.1 Å². The lowest BCUT2D eigenvalue weighted by Gasteiger charge is -2.19. The van der Waals surface area contributed by atoms with Crippen molar-refractivity contribution in [1.82, 2.24) is 9.88 Å². The van der Waals surface area contributed by atoms with E-state index in [9.17, 15) is 4.39 Å². The quantitative estimate of drug-likeness (QED) is 0.586. The van der Waals surface area contributed by atoms with Crippen molar-refractivity contribution in [2.24, 2.45) is 4.99 Å². The lowest BCUT2D eigenvalue weighted by atomic mass is 10.1. The van der Waals surface area contributed by atoms with Crippen molar-refractivity contribution < 1.29 is 4.39 Å². The Morgan fingerprint density at radius 1 is 1.48 bits per heavy atom. The van der Waals surface area contributed by atoms with Gasteiger partial charge in [-0.2, -0.15) is 0 Å².